The third kappa shape index (κ3) is 16.9. The van der Waals surface area contributed by atoms with Gasteiger partial charge in [0.25, 0.3) is 0 Å². The van der Waals surface area contributed by atoms with Crippen LogP contribution in [0.15, 0.2) is 195 Å². The number of benzene rings is 6. The fourth-order valence-electron chi connectivity index (χ4n) is 6.32. The van der Waals surface area contributed by atoms with E-state index in [2.05, 4.69) is 132 Å². The van der Waals surface area contributed by atoms with E-state index in [1.54, 1.807) is 13.2 Å². The molecule has 0 atom stereocenters. The Morgan fingerprint density at radius 3 is 1.40 bits per heavy atom. The molecule has 68 heavy (non-hydrogen) atoms. The maximum Gasteiger partial charge on any atom is 2.00 e. The molecule has 0 amide bonds. The third-order valence-electron chi connectivity index (χ3n) is 10.4. The van der Waals surface area contributed by atoms with Crippen molar-refractivity contribution in [3.63, 3.8) is 0 Å². The molecule has 0 fully saturated rings. The SMILES string of the molecule is CNc1ccccc1-c1ccccn1.C[N-]c1ccccc1-c1ccccn1.ClCCl.[CH2-]C(C)(C)[C-](C)C.[Pd+2].[Pd].[c-]1cccc2ccc3cccnc3c12.[c-]1cccc2ccc3cccnc3c12. The van der Waals surface area contributed by atoms with Crippen LogP contribution in [0.25, 0.3) is 71.2 Å². The van der Waals surface area contributed by atoms with Gasteiger partial charge in [0.05, 0.1) is 16.7 Å². The third-order valence-corrected chi connectivity index (χ3v) is 10.4. The minimum absolute atomic E-state index is 0. The molecule has 10 aromatic rings. The van der Waals surface area contributed by atoms with Crippen LogP contribution in [-0.2, 0) is 40.8 Å². The largest absolute Gasteiger partial charge is 2.00 e. The molecule has 4 aromatic heterocycles. The first kappa shape index (κ1) is 56.8. The monoisotopic (exact) mass is 1120 g/mol. The number of nitrogens with one attached hydrogen (secondary N) is 1. The molecular weight excluding hydrogens is 1060 g/mol. The van der Waals surface area contributed by atoms with Crippen LogP contribution in [0.4, 0.5) is 11.4 Å². The number of hydrogen-bond donors (Lipinski definition) is 1. The molecule has 10 rings (SSSR count). The first-order valence-corrected chi connectivity index (χ1v) is 22.5. The van der Waals surface area contributed by atoms with E-state index in [4.69, 9.17) is 23.2 Å². The molecule has 0 bridgehead atoms. The fraction of sp³-hybridized carbons (Fsp3) is 0.138. The molecule has 0 aliphatic heterocycles. The van der Waals surface area contributed by atoms with Crippen LogP contribution in [0.1, 0.15) is 27.7 Å². The zero-order valence-corrected chi connectivity index (χ0v) is 43.6. The van der Waals surface area contributed by atoms with Crippen molar-refractivity contribution in [2.75, 3.05) is 24.8 Å². The van der Waals surface area contributed by atoms with E-state index in [9.17, 15) is 0 Å². The van der Waals surface area contributed by atoms with E-state index in [-0.39, 0.29) is 51.6 Å². The van der Waals surface area contributed by atoms with Gasteiger partial charge in [0.15, 0.2) is 0 Å². The number of alkyl halides is 2. The van der Waals surface area contributed by atoms with Crippen LogP contribution in [0.5, 0.6) is 0 Å². The van der Waals surface area contributed by atoms with Gasteiger partial charge in [0.2, 0.25) is 0 Å². The van der Waals surface area contributed by atoms with Gasteiger partial charge >= 0.3 is 20.4 Å². The van der Waals surface area contributed by atoms with Crippen molar-refractivity contribution < 1.29 is 40.8 Å². The zero-order chi connectivity index (χ0) is 47.2. The van der Waals surface area contributed by atoms with Gasteiger partial charge in [-0.05, 0) is 69.8 Å². The van der Waals surface area contributed by atoms with Crippen LogP contribution in [-0.4, -0.2) is 39.4 Å². The van der Waals surface area contributed by atoms with Gasteiger partial charge in [-0.15, -0.1) is 120 Å². The second kappa shape index (κ2) is 30.1. The first-order valence-electron chi connectivity index (χ1n) is 21.4. The van der Waals surface area contributed by atoms with E-state index < -0.39 is 0 Å². The number of anilines is 1. The second-order valence-electron chi connectivity index (χ2n) is 15.5. The molecule has 0 unspecified atom stereocenters. The first-order chi connectivity index (χ1) is 32.1. The van der Waals surface area contributed by atoms with E-state index in [0.29, 0.717) is 0 Å². The second-order valence-corrected chi connectivity index (χ2v) is 16.3. The van der Waals surface area contributed by atoms with Crippen molar-refractivity contribution >= 4 is 77.9 Å². The van der Waals surface area contributed by atoms with E-state index in [1.807, 2.05) is 141 Å². The van der Waals surface area contributed by atoms with E-state index >= 15 is 0 Å². The predicted molar refractivity (Wildman–Crippen MR) is 284 cm³/mol. The Kier molecular flexibility index (Phi) is 25.1. The van der Waals surface area contributed by atoms with Crippen LogP contribution in [0.3, 0.4) is 0 Å². The van der Waals surface area contributed by atoms with Crippen molar-refractivity contribution in [2.24, 2.45) is 5.41 Å². The Hall–Kier alpha value is -5.54. The van der Waals surface area contributed by atoms with Crippen molar-refractivity contribution in [3.8, 4) is 22.5 Å². The van der Waals surface area contributed by atoms with Crippen LogP contribution >= 0.6 is 23.2 Å². The van der Waals surface area contributed by atoms with E-state index in [0.717, 1.165) is 55.7 Å². The summed E-state index contributed by atoms with van der Waals surface area (Å²) in [7, 11) is 3.71. The quantitative estimate of drug-likeness (QED) is 0.0804. The summed E-state index contributed by atoms with van der Waals surface area (Å²) in [5, 5.41) is 14.5. The Morgan fingerprint density at radius 2 is 0.956 bits per heavy atom. The Bertz CT molecular complexity index is 2680. The minimum Gasteiger partial charge on any atom is -0.686 e. The number of hydrogen-bond acceptors (Lipinski definition) is 5. The molecule has 0 saturated carbocycles. The average Bonchev–Trinajstić information content (AvgIpc) is 3.37. The molecule has 1 N–H and O–H groups in total. The summed E-state index contributed by atoms with van der Waals surface area (Å²) in [6.07, 6.45) is 7.24. The summed E-state index contributed by atoms with van der Waals surface area (Å²) >= 11 is 9.53. The number of aromatic nitrogens is 4. The Balaban J connectivity index is 0.000000224. The number of nitrogens with zero attached hydrogens (tertiary/aromatic N) is 5. The molecular formula is C58H55Cl2N6Pd2-3. The average molecular weight is 1120 g/mol. The molecule has 354 valence electrons. The smallest absolute Gasteiger partial charge is 0.686 e. The van der Waals surface area contributed by atoms with Crippen LogP contribution in [0, 0.1) is 30.4 Å². The van der Waals surface area contributed by atoms with Crippen LogP contribution in [0.2, 0.25) is 0 Å². The molecule has 0 saturated heterocycles. The summed E-state index contributed by atoms with van der Waals surface area (Å²) in [5.74, 6) is 1.38. The van der Waals surface area contributed by atoms with Gasteiger partial charge in [-0.1, -0.05) is 91.0 Å². The van der Waals surface area contributed by atoms with Crippen molar-refractivity contribution in [2.45, 2.75) is 27.7 Å². The summed E-state index contributed by atoms with van der Waals surface area (Å²) in [6, 6.07) is 62.9. The fourth-order valence-corrected chi connectivity index (χ4v) is 6.32. The maximum absolute atomic E-state index is 4.76. The molecule has 4 heterocycles. The number of para-hydroxylation sites is 2. The van der Waals surface area contributed by atoms with Gasteiger partial charge in [-0.25, -0.2) is 0 Å². The van der Waals surface area contributed by atoms with Gasteiger partial charge in [0, 0.05) is 63.5 Å². The minimum atomic E-state index is 0. The van der Waals surface area contributed by atoms with Crippen molar-refractivity contribution in [3.05, 3.63) is 225 Å². The molecule has 6 aromatic carbocycles. The van der Waals surface area contributed by atoms with Crippen molar-refractivity contribution in [1.29, 1.82) is 0 Å². The molecule has 10 heteroatoms. The normalized spacial score (nSPS) is 10.1. The number of pyridine rings is 4. The van der Waals surface area contributed by atoms with Gasteiger partial charge in [-0.2, -0.15) is 13.8 Å². The molecule has 6 nitrogen and oxygen atoms in total. The molecule has 0 spiro atoms. The number of halogens is 2. The predicted octanol–water partition coefficient (Wildman–Crippen LogP) is 16.4. The van der Waals surface area contributed by atoms with Crippen molar-refractivity contribution in [1.82, 2.24) is 19.9 Å². The zero-order valence-electron chi connectivity index (χ0n) is 39.0. The standard InChI is InChI=1S/2C13H8N.C12H12N2.C12H11N2.C7H14.CH2Cl2.2Pd/c2*1-2-6-12-10(4-1)7-8-11-5-3-9-14-13(11)12;2*1-13-11-7-3-2-6-10(11)12-8-4-5-9-14-12;1-6(2)7(3,4)5;2-1-3;;/h2*1-5,7-9H;2-9,13H,1H3;2-9H,1H3;3H2,1-2,4-5H3;1H2;;/q2*-1;;-1;-2;;;+2. The summed E-state index contributed by atoms with van der Waals surface area (Å²) in [6.45, 7) is 12.4. The summed E-state index contributed by atoms with van der Waals surface area (Å²) in [5.41, 5.74) is 8.49. The summed E-state index contributed by atoms with van der Waals surface area (Å²) in [4.78, 5) is 17.4. The number of fused-ring (bicyclic) bond motifs is 6. The van der Waals surface area contributed by atoms with Gasteiger partial charge < -0.3 is 33.4 Å². The van der Waals surface area contributed by atoms with Crippen LogP contribution < -0.4 is 5.32 Å². The summed E-state index contributed by atoms with van der Waals surface area (Å²) < 4.78 is 0. The maximum atomic E-state index is 4.76. The topological polar surface area (TPSA) is 77.7 Å². The van der Waals surface area contributed by atoms with Gasteiger partial charge in [-0.3, -0.25) is 15.4 Å². The Morgan fingerprint density at radius 1 is 0.559 bits per heavy atom. The van der Waals surface area contributed by atoms with Gasteiger partial charge in [0.1, 0.15) is 0 Å². The van der Waals surface area contributed by atoms with E-state index in [1.165, 1.54) is 27.5 Å². The Labute approximate surface area is 440 Å². The molecule has 0 aliphatic rings. The molecule has 0 aliphatic carbocycles. The molecule has 0 radical (unpaired) electrons. The number of rotatable bonds is 5.